The van der Waals surface area contributed by atoms with Crippen molar-refractivity contribution in [1.82, 2.24) is 9.97 Å². The molecule has 0 bridgehead atoms. The second kappa shape index (κ2) is 4.88. The van der Waals surface area contributed by atoms with Crippen molar-refractivity contribution in [3.8, 4) is 0 Å². The number of nitrogens with zero attached hydrogens (tertiary/aromatic N) is 3. The molecule has 4 heteroatoms. The van der Waals surface area contributed by atoms with Crippen molar-refractivity contribution in [3.05, 3.63) is 48.0 Å². The van der Waals surface area contributed by atoms with Gasteiger partial charge in [-0.05, 0) is 29.2 Å². The highest BCUT2D eigenvalue weighted by molar-refractivity contribution is 5.54. The van der Waals surface area contributed by atoms with Crippen molar-refractivity contribution >= 4 is 11.4 Å². The minimum Gasteiger partial charge on any atom is -0.388 e. The zero-order valence-corrected chi connectivity index (χ0v) is 11.3. The number of nitrogens with one attached hydrogen (secondary N) is 1. The van der Waals surface area contributed by atoms with Crippen molar-refractivity contribution in [2.75, 3.05) is 23.8 Å². The summed E-state index contributed by atoms with van der Waals surface area (Å²) in [6.07, 6.45) is 5.34. The first kappa shape index (κ1) is 12.0. The number of anilines is 2. The van der Waals surface area contributed by atoms with Gasteiger partial charge >= 0.3 is 0 Å². The van der Waals surface area contributed by atoms with Gasteiger partial charge in [-0.2, -0.15) is 0 Å². The van der Waals surface area contributed by atoms with E-state index < -0.39 is 0 Å². The topological polar surface area (TPSA) is 41.0 Å². The van der Waals surface area contributed by atoms with E-state index in [1.165, 1.54) is 11.1 Å². The molecule has 1 N–H and O–H groups in total. The van der Waals surface area contributed by atoms with Gasteiger partial charge in [0.05, 0.1) is 18.1 Å². The van der Waals surface area contributed by atoms with Gasteiger partial charge in [-0.25, -0.2) is 9.97 Å². The number of fused-ring (bicyclic) bond motifs is 1. The smallest absolute Gasteiger partial charge is 0.115 e. The van der Waals surface area contributed by atoms with Gasteiger partial charge < -0.3 is 10.2 Å². The Hall–Kier alpha value is -2.10. The fraction of sp³-hybridized carbons (Fsp3) is 0.333. The summed E-state index contributed by atoms with van der Waals surface area (Å²) in [7, 11) is 1.96. The molecule has 0 amide bonds. The third-order valence-corrected chi connectivity index (χ3v) is 3.73. The molecule has 1 aromatic carbocycles. The second-order valence-corrected chi connectivity index (χ2v) is 5.04. The Bertz CT molecular complexity index is 568. The lowest BCUT2D eigenvalue weighted by Crippen LogP contribution is -2.32. The number of aromatic nitrogens is 2. The van der Waals surface area contributed by atoms with Gasteiger partial charge in [0.1, 0.15) is 6.33 Å². The third kappa shape index (κ3) is 2.26. The third-order valence-electron chi connectivity index (χ3n) is 3.73. The lowest BCUT2D eigenvalue weighted by atomic mass is 9.90. The summed E-state index contributed by atoms with van der Waals surface area (Å²) < 4.78 is 0. The zero-order chi connectivity index (χ0) is 13.2. The van der Waals surface area contributed by atoms with Crippen LogP contribution in [0.15, 0.2) is 36.9 Å². The molecule has 0 saturated carbocycles. The van der Waals surface area contributed by atoms with Crippen LogP contribution in [0, 0.1) is 0 Å². The Morgan fingerprint density at radius 2 is 2.05 bits per heavy atom. The Kier molecular flexibility index (Phi) is 3.07. The first-order valence-corrected chi connectivity index (χ1v) is 6.58. The SMILES string of the molecule is CNc1ccc2c(c1)CN(c1cncnc1)CC2C. The molecule has 98 valence electrons. The van der Waals surface area contributed by atoms with Crippen molar-refractivity contribution < 1.29 is 0 Å². The standard InChI is InChI=1S/C15H18N4/c1-11-8-19(14-6-17-10-18-7-14)9-12-5-13(16-2)3-4-15(11)12/h3-7,10-11,16H,8-9H2,1-2H3. The maximum Gasteiger partial charge on any atom is 0.115 e. The van der Waals surface area contributed by atoms with E-state index in [2.05, 4.69) is 45.3 Å². The molecular formula is C15H18N4. The van der Waals surface area contributed by atoms with Gasteiger partial charge in [-0.15, -0.1) is 0 Å². The molecule has 4 nitrogen and oxygen atoms in total. The summed E-state index contributed by atoms with van der Waals surface area (Å²) >= 11 is 0. The highest BCUT2D eigenvalue weighted by Crippen LogP contribution is 2.32. The minimum atomic E-state index is 0.523. The molecule has 0 fully saturated rings. The fourth-order valence-electron chi connectivity index (χ4n) is 2.73. The van der Waals surface area contributed by atoms with Gasteiger partial charge in [0.25, 0.3) is 0 Å². The van der Waals surface area contributed by atoms with E-state index in [-0.39, 0.29) is 0 Å². The summed E-state index contributed by atoms with van der Waals surface area (Å²) in [6.45, 7) is 4.20. The maximum atomic E-state index is 4.11. The summed E-state index contributed by atoms with van der Waals surface area (Å²) in [5.74, 6) is 0.523. The van der Waals surface area contributed by atoms with Crippen molar-refractivity contribution in [2.45, 2.75) is 19.4 Å². The number of hydrogen-bond donors (Lipinski definition) is 1. The molecule has 2 aromatic rings. The van der Waals surface area contributed by atoms with Crippen LogP contribution in [0.25, 0.3) is 0 Å². The second-order valence-electron chi connectivity index (χ2n) is 5.04. The number of benzene rings is 1. The van der Waals surface area contributed by atoms with E-state index in [1.807, 2.05) is 19.4 Å². The van der Waals surface area contributed by atoms with E-state index in [9.17, 15) is 0 Å². The maximum absolute atomic E-state index is 4.11. The molecule has 0 spiro atoms. The van der Waals surface area contributed by atoms with Crippen LogP contribution >= 0.6 is 0 Å². The van der Waals surface area contributed by atoms with Crippen molar-refractivity contribution in [2.24, 2.45) is 0 Å². The molecule has 19 heavy (non-hydrogen) atoms. The van der Waals surface area contributed by atoms with Crippen LogP contribution in [0.1, 0.15) is 24.0 Å². The van der Waals surface area contributed by atoms with Crippen LogP contribution in [0.2, 0.25) is 0 Å². The van der Waals surface area contributed by atoms with Gasteiger partial charge in [-0.3, -0.25) is 0 Å². The molecule has 0 radical (unpaired) electrons. The highest BCUT2D eigenvalue weighted by atomic mass is 15.1. The van der Waals surface area contributed by atoms with Crippen molar-refractivity contribution in [3.63, 3.8) is 0 Å². The van der Waals surface area contributed by atoms with Gasteiger partial charge in [-0.1, -0.05) is 13.0 Å². The Balaban J connectivity index is 1.94. The summed E-state index contributed by atoms with van der Waals surface area (Å²) in [4.78, 5) is 10.6. The normalized spacial score (nSPS) is 18.0. The molecule has 1 unspecified atom stereocenters. The number of hydrogen-bond acceptors (Lipinski definition) is 4. The first-order chi connectivity index (χ1) is 9.28. The molecule has 1 aliphatic heterocycles. The van der Waals surface area contributed by atoms with Crippen LogP contribution < -0.4 is 10.2 Å². The van der Waals surface area contributed by atoms with Gasteiger partial charge in [0.15, 0.2) is 0 Å². The van der Waals surface area contributed by atoms with Crippen LogP contribution in [0.5, 0.6) is 0 Å². The predicted molar refractivity (Wildman–Crippen MR) is 77.5 cm³/mol. The van der Waals surface area contributed by atoms with E-state index in [4.69, 9.17) is 0 Å². The molecule has 0 saturated heterocycles. The van der Waals surface area contributed by atoms with E-state index in [0.717, 1.165) is 24.5 Å². The summed E-state index contributed by atoms with van der Waals surface area (Å²) in [5.41, 5.74) is 5.09. The molecule has 1 atom stereocenters. The molecule has 1 aromatic heterocycles. The number of rotatable bonds is 2. The molecule has 0 aliphatic carbocycles. The Labute approximate surface area is 113 Å². The first-order valence-electron chi connectivity index (χ1n) is 6.58. The summed E-state index contributed by atoms with van der Waals surface area (Å²) in [5, 5.41) is 3.20. The monoisotopic (exact) mass is 254 g/mol. The van der Waals surface area contributed by atoms with Crippen LogP contribution in [-0.2, 0) is 6.54 Å². The van der Waals surface area contributed by atoms with Crippen LogP contribution in [0.4, 0.5) is 11.4 Å². The predicted octanol–water partition coefficient (Wildman–Crippen LogP) is 2.64. The van der Waals surface area contributed by atoms with Gasteiger partial charge in [0.2, 0.25) is 0 Å². The quantitative estimate of drug-likeness (QED) is 0.894. The average Bonchev–Trinajstić information content (AvgIpc) is 2.47. The lowest BCUT2D eigenvalue weighted by molar-refractivity contribution is 0.638. The van der Waals surface area contributed by atoms with E-state index in [0.29, 0.717) is 5.92 Å². The van der Waals surface area contributed by atoms with Crippen molar-refractivity contribution in [1.29, 1.82) is 0 Å². The van der Waals surface area contributed by atoms with Gasteiger partial charge in [0, 0.05) is 25.8 Å². The van der Waals surface area contributed by atoms with E-state index in [1.54, 1.807) is 6.33 Å². The molecule has 1 aliphatic rings. The lowest BCUT2D eigenvalue weighted by Gasteiger charge is -2.34. The highest BCUT2D eigenvalue weighted by Gasteiger charge is 2.22. The Morgan fingerprint density at radius 1 is 1.26 bits per heavy atom. The van der Waals surface area contributed by atoms with Crippen LogP contribution in [-0.4, -0.2) is 23.6 Å². The largest absolute Gasteiger partial charge is 0.388 e. The molecular weight excluding hydrogens is 236 g/mol. The average molecular weight is 254 g/mol. The van der Waals surface area contributed by atoms with Crippen LogP contribution in [0.3, 0.4) is 0 Å². The molecule has 3 rings (SSSR count). The summed E-state index contributed by atoms with van der Waals surface area (Å²) in [6, 6.07) is 6.63. The zero-order valence-electron chi connectivity index (χ0n) is 11.3. The fourth-order valence-corrected chi connectivity index (χ4v) is 2.73. The Morgan fingerprint density at radius 3 is 2.79 bits per heavy atom. The molecule has 2 heterocycles. The minimum absolute atomic E-state index is 0.523. The van der Waals surface area contributed by atoms with E-state index >= 15 is 0 Å².